The maximum atomic E-state index is 14.2. The lowest BCUT2D eigenvalue weighted by molar-refractivity contribution is -0.125. The Morgan fingerprint density at radius 1 is 1.24 bits per heavy atom. The fourth-order valence-electron chi connectivity index (χ4n) is 3.79. The van der Waals surface area contributed by atoms with Gasteiger partial charge in [0.1, 0.15) is 17.3 Å². The van der Waals surface area contributed by atoms with Gasteiger partial charge in [-0.2, -0.15) is 5.10 Å². The van der Waals surface area contributed by atoms with Crippen LogP contribution in [0, 0.1) is 5.82 Å². The molecule has 0 radical (unpaired) electrons. The number of likely N-dealkylation sites (N-methyl/N-ethyl adjacent to an activating group) is 1. The van der Waals surface area contributed by atoms with Crippen LogP contribution in [-0.2, 0) is 11.2 Å². The zero-order valence-electron chi connectivity index (χ0n) is 16.2. The van der Waals surface area contributed by atoms with E-state index in [1.54, 1.807) is 24.9 Å². The first kappa shape index (κ1) is 18.0. The minimum atomic E-state index is -0.548. The Kier molecular flexibility index (Phi) is 4.03. The number of anilines is 1. The predicted molar refractivity (Wildman–Crippen MR) is 114 cm³/mol. The average molecular weight is 407 g/mol. The minimum absolute atomic E-state index is 0.0784. The highest BCUT2D eigenvalue weighted by atomic mass is 32.1. The zero-order valence-corrected chi connectivity index (χ0v) is 17.0. The number of benzene rings is 2. The highest BCUT2D eigenvalue weighted by Gasteiger charge is 2.31. The third kappa shape index (κ3) is 2.84. The van der Waals surface area contributed by atoms with Crippen molar-refractivity contribution in [2.75, 3.05) is 11.9 Å². The van der Waals surface area contributed by atoms with Crippen LogP contribution in [-0.4, -0.2) is 30.5 Å². The summed E-state index contributed by atoms with van der Waals surface area (Å²) in [5.74, 6) is 0.310. The lowest BCUT2D eigenvalue weighted by Crippen LogP contribution is -2.42. The van der Waals surface area contributed by atoms with Gasteiger partial charge in [-0.3, -0.25) is 4.79 Å². The Morgan fingerprint density at radius 2 is 2.07 bits per heavy atom. The first-order valence-corrected chi connectivity index (χ1v) is 10.1. The van der Waals surface area contributed by atoms with Crippen LogP contribution in [0.4, 0.5) is 10.1 Å². The molecular weight excluding hydrogens is 389 g/mol. The van der Waals surface area contributed by atoms with Crippen molar-refractivity contribution < 1.29 is 13.9 Å². The number of carbonyl (C=O) groups excluding carboxylic acids is 1. The second-order valence-corrected chi connectivity index (χ2v) is 8.44. The molecule has 146 valence electrons. The molecule has 0 saturated heterocycles. The van der Waals surface area contributed by atoms with Gasteiger partial charge in [-0.1, -0.05) is 6.07 Å². The first-order valence-electron chi connectivity index (χ1n) is 9.33. The smallest absolute Gasteiger partial charge is 0.267 e. The molecule has 29 heavy (non-hydrogen) atoms. The number of fused-ring (bicyclic) bond motifs is 3. The van der Waals surface area contributed by atoms with E-state index in [0.717, 1.165) is 32.1 Å². The average Bonchev–Trinajstić information content (AvgIpc) is 3.05. The molecule has 3 aromatic rings. The molecule has 7 heteroatoms. The molecule has 5 rings (SSSR count). The molecule has 5 nitrogen and oxygen atoms in total. The molecular formula is C22H18FN3O2S. The number of ether oxygens (including phenoxy) is 1. The lowest BCUT2D eigenvalue weighted by Gasteiger charge is -2.31. The Balaban J connectivity index is 1.71. The summed E-state index contributed by atoms with van der Waals surface area (Å²) >= 11 is 1.49. The third-order valence-corrected chi connectivity index (χ3v) is 6.40. The van der Waals surface area contributed by atoms with Gasteiger partial charge in [0.05, 0.1) is 10.6 Å². The quantitative estimate of drug-likeness (QED) is 0.594. The molecule has 2 aliphatic rings. The van der Waals surface area contributed by atoms with E-state index < -0.39 is 6.10 Å². The maximum Gasteiger partial charge on any atom is 0.267 e. The van der Waals surface area contributed by atoms with Gasteiger partial charge < -0.3 is 9.64 Å². The van der Waals surface area contributed by atoms with Gasteiger partial charge in [0.25, 0.3) is 5.91 Å². The van der Waals surface area contributed by atoms with E-state index in [0.29, 0.717) is 23.3 Å². The normalized spacial score (nSPS) is 18.6. The van der Waals surface area contributed by atoms with Gasteiger partial charge in [0.2, 0.25) is 0 Å². The van der Waals surface area contributed by atoms with E-state index in [-0.39, 0.29) is 11.7 Å². The molecule has 0 bridgehead atoms. The summed E-state index contributed by atoms with van der Waals surface area (Å²) in [6.45, 7) is 3.66. The van der Waals surface area contributed by atoms with E-state index in [2.05, 4.69) is 10.2 Å². The zero-order chi connectivity index (χ0) is 20.3. The van der Waals surface area contributed by atoms with E-state index in [9.17, 15) is 9.18 Å². The van der Waals surface area contributed by atoms with E-state index in [1.807, 2.05) is 31.2 Å². The van der Waals surface area contributed by atoms with Crippen molar-refractivity contribution in [3.8, 4) is 5.75 Å². The third-order valence-electron chi connectivity index (χ3n) is 5.29. The second kappa shape index (κ2) is 6.49. The molecule has 3 heterocycles. The molecule has 0 fully saturated rings. The van der Waals surface area contributed by atoms with Crippen molar-refractivity contribution in [1.82, 2.24) is 0 Å². The lowest BCUT2D eigenvalue weighted by atomic mass is 9.96. The van der Waals surface area contributed by atoms with Crippen LogP contribution in [0.2, 0.25) is 0 Å². The van der Waals surface area contributed by atoms with Crippen LogP contribution in [0.5, 0.6) is 5.75 Å². The van der Waals surface area contributed by atoms with Crippen molar-refractivity contribution in [3.63, 3.8) is 0 Å². The summed E-state index contributed by atoms with van der Waals surface area (Å²) in [5, 5.41) is 9.44. The number of carbonyl (C=O) groups is 1. The molecule has 0 saturated carbocycles. The van der Waals surface area contributed by atoms with E-state index in [1.165, 1.54) is 17.4 Å². The van der Waals surface area contributed by atoms with Gasteiger partial charge >= 0.3 is 0 Å². The van der Waals surface area contributed by atoms with Crippen molar-refractivity contribution in [3.05, 3.63) is 58.2 Å². The van der Waals surface area contributed by atoms with Crippen LogP contribution in [0.1, 0.15) is 29.9 Å². The Morgan fingerprint density at radius 3 is 2.86 bits per heavy atom. The number of amides is 1. The molecule has 1 amide bonds. The monoisotopic (exact) mass is 407 g/mol. The fourth-order valence-corrected chi connectivity index (χ4v) is 4.87. The van der Waals surface area contributed by atoms with Gasteiger partial charge in [-0.15, -0.1) is 16.4 Å². The predicted octanol–water partition coefficient (Wildman–Crippen LogP) is 4.55. The van der Waals surface area contributed by atoms with Crippen molar-refractivity contribution in [2.45, 2.75) is 26.4 Å². The summed E-state index contributed by atoms with van der Waals surface area (Å²) < 4.78 is 21.0. The number of thiophene rings is 1. The maximum absolute atomic E-state index is 14.2. The van der Waals surface area contributed by atoms with Crippen molar-refractivity contribution in [2.24, 2.45) is 10.2 Å². The van der Waals surface area contributed by atoms with Gasteiger partial charge in [-0.25, -0.2) is 4.39 Å². The summed E-state index contributed by atoms with van der Waals surface area (Å²) in [7, 11) is 1.76. The van der Waals surface area contributed by atoms with E-state index in [4.69, 9.17) is 4.74 Å². The number of halogens is 1. The Hall–Kier alpha value is -3.06. The molecule has 0 spiro atoms. The van der Waals surface area contributed by atoms with Gasteiger partial charge in [0, 0.05) is 34.8 Å². The topological polar surface area (TPSA) is 54.3 Å². The van der Waals surface area contributed by atoms with Crippen LogP contribution >= 0.6 is 11.3 Å². The molecule has 2 aromatic carbocycles. The molecule has 1 atom stereocenters. The second-order valence-electron chi connectivity index (χ2n) is 7.36. The number of nitrogens with zero attached hydrogens (tertiary/aromatic N) is 3. The van der Waals surface area contributed by atoms with Crippen molar-refractivity contribution >= 4 is 44.4 Å². The Bertz CT molecular complexity index is 1240. The number of rotatable bonds is 1. The molecule has 1 unspecified atom stereocenters. The number of hydrogen-bond donors (Lipinski definition) is 0. The number of hydrogen-bond acceptors (Lipinski definition) is 5. The standard InChI is InChI=1S/C22H18FN3O2S/c1-11-7-13-8-17-18(28-12(2)22(27)26(17)3)9-14(13)21(25-24-11)20-10-15-16(23)5-4-6-19(15)29-20/h4-6,8-10,12H,7H2,1-3H3. The molecule has 2 aliphatic heterocycles. The largest absolute Gasteiger partial charge is 0.479 e. The highest BCUT2D eigenvalue weighted by molar-refractivity contribution is 7.21. The van der Waals surface area contributed by atoms with Gasteiger partial charge in [0.15, 0.2) is 6.10 Å². The summed E-state index contributed by atoms with van der Waals surface area (Å²) in [4.78, 5) is 14.8. The summed E-state index contributed by atoms with van der Waals surface area (Å²) in [6.07, 6.45) is 0.0695. The van der Waals surface area contributed by atoms with E-state index >= 15 is 0 Å². The fraction of sp³-hybridized carbons (Fsp3) is 0.227. The van der Waals surface area contributed by atoms with Gasteiger partial charge in [-0.05, 0) is 49.7 Å². The SMILES string of the molecule is CC1=NN=C(c2cc3c(F)cccc3s2)c2cc3c(cc2C1)N(C)C(=O)C(C)O3. The highest BCUT2D eigenvalue weighted by Crippen LogP contribution is 2.39. The van der Waals surface area contributed by atoms with Crippen LogP contribution in [0.3, 0.4) is 0 Å². The molecule has 0 N–H and O–H groups in total. The van der Waals surface area contributed by atoms with Crippen LogP contribution < -0.4 is 9.64 Å². The molecule has 1 aromatic heterocycles. The van der Waals surface area contributed by atoms with Crippen LogP contribution in [0.15, 0.2) is 46.6 Å². The van der Waals surface area contributed by atoms with Crippen molar-refractivity contribution in [1.29, 1.82) is 0 Å². The minimum Gasteiger partial charge on any atom is -0.479 e. The molecule has 0 aliphatic carbocycles. The summed E-state index contributed by atoms with van der Waals surface area (Å²) in [6, 6.07) is 10.8. The van der Waals surface area contributed by atoms with Crippen LogP contribution in [0.25, 0.3) is 10.1 Å². The first-order chi connectivity index (χ1) is 13.9. The summed E-state index contributed by atoms with van der Waals surface area (Å²) in [5.41, 5.74) is 4.20. The Labute approximate surface area is 171 Å².